The Morgan fingerprint density at radius 2 is 0.698 bits per heavy atom. The summed E-state index contributed by atoms with van der Waals surface area (Å²) in [4.78, 5) is 13.3. The molecule has 1 heterocycles. The molecule has 0 bridgehead atoms. The van der Waals surface area contributed by atoms with E-state index in [0.717, 1.165) is 38.5 Å². The lowest BCUT2D eigenvalue weighted by molar-refractivity contribution is -0.303. The number of aliphatic hydroxyl groups is 7. The standard InChI is InChI=1S/C75H143NO10/c1-3-5-7-9-11-13-15-17-19-21-23-25-27-29-31-33-34-35-37-39-41-43-45-47-49-51-53-55-57-59-61-63-68(79)74(84)76-66(65-85-75-73(83)72(82)71(81)69(64-77)86-75)70(80)67(78)62-60-58-56-54-52-50-48-46-44-42-40-38-36-32-30-28-26-24-22-20-18-16-14-12-10-8-6-4-2/h29,31,46,48,54,56,66-73,75,77-83H,3-28,30,32-45,47,49-53,55,57-65H2,1-2H3,(H,76,84)/b31-29-,48-46+,56-54+. The van der Waals surface area contributed by atoms with Crippen LogP contribution in [0.5, 0.6) is 0 Å². The predicted molar refractivity (Wildman–Crippen MR) is 362 cm³/mol. The molecule has 0 saturated carbocycles. The van der Waals surface area contributed by atoms with Crippen LogP contribution >= 0.6 is 0 Å². The number of nitrogens with one attached hydrogen (secondary N) is 1. The van der Waals surface area contributed by atoms with Gasteiger partial charge in [-0.15, -0.1) is 0 Å². The van der Waals surface area contributed by atoms with Crippen LogP contribution in [0.15, 0.2) is 36.5 Å². The first-order valence-electron chi connectivity index (χ1n) is 37.4. The van der Waals surface area contributed by atoms with Crippen molar-refractivity contribution in [3.63, 3.8) is 0 Å². The van der Waals surface area contributed by atoms with E-state index < -0.39 is 74.2 Å². The Kier molecular flexibility index (Phi) is 60.8. The molecule has 1 saturated heterocycles. The van der Waals surface area contributed by atoms with Gasteiger partial charge in [0.2, 0.25) is 5.91 Å². The second-order valence-corrected chi connectivity index (χ2v) is 26.4. The lowest BCUT2D eigenvalue weighted by Crippen LogP contribution is -2.60. The lowest BCUT2D eigenvalue weighted by atomic mass is 9.98. The maximum atomic E-state index is 13.3. The van der Waals surface area contributed by atoms with Crippen molar-refractivity contribution in [1.82, 2.24) is 5.32 Å². The molecule has 1 rings (SSSR count). The topological polar surface area (TPSA) is 189 Å². The van der Waals surface area contributed by atoms with Gasteiger partial charge in [-0.2, -0.15) is 0 Å². The van der Waals surface area contributed by atoms with Crippen LogP contribution in [0, 0.1) is 0 Å². The van der Waals surface area contributed by atoms with Crippen molar-refractivity contribution in [2.24, 2.45) is 0 Å². The maximum Gasteiger partial charge on any atom is 0.249 e. The third kappa shape index (κ3) is 50.0. The lowest BCUT2D eigenvalue weighted by Gasteiger charge is -2.40. The van der Waals surface area contributed by atoms with E-state index in [2.05, 4.69) is 55.6 Å². The van der Waals surface area contributed by atoms with Crippen molar-refractivity contribution < 1.29 is 50.0 Å². The minimum absolute atomic E-state index is 0.248. The van der Waals surface area contributed by atoms with Gasteiger partial charge >= 0.3 is 0 Å². The molecule has 1 aliphatic heterocycles. The van der Waals surface area contributed by atoms with Gasteiger partial charge in [0.05, 0.1) is 25.4 Å². The van der Waals surface area contributed by atoms with Gasteiger partial charge in [0.1, 0.15) is 36.6 Å². The number of carbonyl (C=O) groups is 1. The molecule has 1 aliphatic rings. The third-order valence-corrected chi connectivity index (χ3v) is 18.1. The molecule has 8 N–H and O–H groups in total. The second-order valence-electron chi connectivity index (χ2n) is 26.4. The van der Waals surface area contributed by atoms with Gasteiger partial charge in [0.25, 0.3) is 0 Å². The summed E-state index contributed by atoms with van der Waals surface area (Å²) in [6, 6.07) is -1.19. The third-order valence-electron chi connectivity index (χ3n) is 18.1. The van der Waals surface area contributed by atoms with E-state index >= 15 is 0 Å². The van der Waals surface area contributed by atoms with Crippen LogP contribution in [-0.2, 0) is 14.3 Å². The number of hydrogen-bond acceptors (Lipinski definition) is 10. The van der Waals surface area contributed by atoms with Gasteiger partial charge in [-0.1, -0.05) is 326 Å². The van der Waals surface area contributed by atoms with E-state index in [4.69, 9.17) is 9.47 Å². The fourth-order valence-electron chi connectivity index (χ4n) is 12.2. The molecule has 11 nitrogen and oxygen atoms in total. The molecule has 0 aromatic rings. The highest BCUT2D eigenvalue weighted by atomic mass is 16.7. The van der Waals surface area contributed by atoms with Gasteiger partial charge in [-0.05, 0) is 77.0 Å². The van der Waals surface area contributed by atoms with Crippen molar-refractivity contribution in [2.75, 3.05) is 13.2 Å². The Labute approximate surface area is 530 Å². The monoisotopic (exact) mass is 1220 g/mol. The van der Waals surface area contributed by atoms with Gasteiger partial charge in [0, 0.05) is 0 Å². The van der Waals surface area contributed by atoms with E-state index in [-0.39, 0.29) is 12.8 Å². The Balaban J connectivity index is 2.19. The van der Waals surface area contributed by atoms with E-state index in [9.17, 15) is 40.5 Å². The average Bonchev–Trinajstić information content (AvgIpc) is 3.00. The number of ether oxygens (including phenoxy) is 2. The maximum absolute atomic E-state index is 13.3. The normalized spacial score (nSPS) is 18.9. The van der Waals surface area contributed by atoms with Crippen molar-refractivity contribution in [3.8, 4) is 0 Å². The molecule has 0 aromatic carbocycles. The van der Waals surface area contributed by atoms with E-state index in [0.29, 0.717) is 19.3 Å². The largest absolute Gasteiger partial charge is 0.394 e. The molecular formula is C75H143NO10. The summed E-state index contributed by atoms with van der Waals surface area (Å²) in [5.74, 6) is -0.704. The predicted octanol–water partition coefficient (Wildman–Crippen LogP) is 18.5. The highest BCUT2D eigenvalue weighted by molar-refractivity contribution is 5.80. The number of carbonyl (C=O) groups excluding carboxylic acids is 1. The first-order valence-corrected chi connectivity index (χ1v) is 37.4. The number of amides is 1. The Morgan fingerprint density at radius 1 is 0.395 bits per heavy atom. The van der Waals surface area contributed by atoms with Crippen molar-refractivity contribution in [2.45, 2.75) is 422 Å². The molecule has 0 radical (unpaired) electrons. The fourth-order valence-corrected chi connectivity index (χ4v) is 12.2. The molecule has 9 atom stereocenters. The van der Waals surface area contributed by atoms with E-state index in [1.807, 2.05) is 0 Å². The zero-order valence-corrected chi connectivity index (χ0v) is 56.3. The highest BCUT2D eigenvalue weighted by Gasteiger charge is 2.44. The summed E-state index contributed by atoms with van der Waals surface area (Å²) in [6.07, 6.45) is 71.0. The van der Waals surface area contributed by atoms with Crippen LogP contribution in [0.1, 0.15) is 367 Å². The number of aliphatic hydroxyl groups excluding tert-OH is 7. The van der Waals surface area contributed by atoms with Crippen LogP contribution < -0.4 is 5.32 Å². The zero-order chi connectivity index (χ0) is 62.4. The summed E-state index contributed by atoms with van der Waals surface area (Å²) in [6.45, 7) is 3.50. The number of hydrogen-bond donors (Lipinski definition) is 8. The molecule has 11 heteroatoms. The smallest absolute Gasteiger partial charge is 0.249 e. The highest BCUT2D eigenvalue weighted by Crippen LogP contribution is 2.24. The summed E-state index contributed by atoms with van der Waals surface area (Å²) in [7, 11) is 0. The zero-order valence-electron chi connectivity index (χ0n) is 56.3. The molecule has 508 valence electrons. The molecule has 1 amide bonds. The van der Waals surface area contributed by atoms with Crippen LogP contribution in [0.2, 0.25) is 0 Å². The molecular weight excluding hydrogens is 1070 g/mol. The molecule has 0 aliphatic carbocycles. The average molecular weight is 1220 g/mol. The van der Waals surface area contributed by atoms with Crippen molar-refractivity contribution >= 4 is 5.91 Å². The fraction of sp³-hybridized carbons (Fsp3) is 0.907. The first kappa shape index (κ1) is 82.3. The molecule has 9 unspecified atom stereocenters. The van der Waals surface area contributed by atoms with Crippen molar-refractivity contribution in [3.05, 3.63) is 36.5 Å². The quantitative estimate of drug-likeness (QED) is 0.0215. The second kappa shape index (κ2) is 63.5. The number of unbranched alkanes of at least 4 members (excludes halogenated alkanes) is 48. The summed E-state index contributed by atoms with van der Waals surface area (Å²) >= 11 is 0. The van der Waals surface area contributed by atoms with Gasteiger partial charge in [-0.25, -0.2) is 0 Å². The summed E-state index contributed by atoms with van der Waals surface area (Å²) < 4.78 is 11.2. The van der Waals surface area contributed by atoms with Gasteiger partial charge < -0.3 is 50.5 Å². The summed E-state index contributed by atoms with van der Waals surface area (Å²) in [5, 5.41) is 76.6. The minimum Gasteiger partial charge on any atom is -0.394 e. The van der Waals surface area contributed by atoms with Crippen molar-refractivity contribution in [1.29, 1.82) is 0 Å². The molecule has 86 heavy (non-hydrogen) atoms. The van der Waals surface area contributed by atoms with Crippen LogP contribution in [0.4, 0.5) is 0 Å². The Bertz CT molecular complexity index is 1490. The first-order chi connectivity index (χ1) is 42.2. The van der Waals surface area contributed by atoms with Crippen LogP contribution in [0.3, 0.4) is 0 Å². The molecule has 0 aromatic heterocycles. The van der Waals surface area contributed by atoms with Gasteiger partial charge in [0.15, 0.2) is 6.29 Å². The van der Waals surface area contributed by atoms with E-state index in [1.165, 1.54) is 283 Å². The van der Waals surface area contributed by atoms with E-state index in [1.54, 1.807) is 0 Å². The SMILES string of the molecule is CCCCCCCCCCCCCC/C=C\CCCCCCCCCCCCCCCCCC(O)C(=O)NC(COC1OC(CO)C(O)C(O)C1O)C(O)C(O)CCC/C=C/CC/C=C/CCCCCCCCCCCCCCCCCCCCC. The number of rotatable bonds is 66. The molecule has 1 fully saturated rings. The minimum atomic E-state index is -1.67. The Hall–Kier alpha value is -1.67. The van der Waals surface area contributed by atoms with Gasteiger partial charge in [-0.3, -0.25) is 4.79 Å². The van der Waals surface area contributed by atoms with Crippen LogP contribution in [0.25, 0.3) is 0 Å². The summed E-state index contributed by atoms with van der Waals surface area (Å²) in [5.41, 5.74) is 0. The number of allylic oxidation sites excluding steroid dienone is 6. The van der Waals surface area contributed by atoms with Crippen LogP contribution in [-0.4, -0.2) is 110 Å². The Morgan fingerprint density at radius 3 is 1.03 bits per heavy atom. The molecule has 0 spiro atoms.